The van der Waals surface area contributed by atoms with E-state index < -0.39 is 0 Å². The highest BCUT2D eigenvalue weighted by molar-refractivity contribution is 6.33. The summed E-state index contributed by atoms with van der Waals surface area (Å²) in [5, 5.41) is 16.8. The second-order valence-electron chi connectivity index (χ2n) is 6.48. The predicted molar refractivity (Wildman–Crippen MR) is 113 cm³/mol. The number of benzene rings is 3. The van der Waals surface area contributed by atoms with Gasteiger partial charge < -0.3 is 14.6 Å². The van der Waals surface area contributed by atoms with Gasteiger partial charge in [0, 0.05) is 16.8 Å². The molecule has 0 aliphatic carbocycles. The van der Waals surface area contributed by atoms with Gasteiger partial charge in [-0.25, -0.2) is 0 Å². The molecule has 30 heavy (non-hydrogen) atoms. The number of hydrogen-bond donors (Lipinski definition) is 1. The smallest absolute Gasteiger partial charge is 0.250 e. The summed E-state index contributed by atoms with van der Waals surface area (Å²) in [7, 11) is 0. The van der Waals surface area contributed by atoms with Crippen LogP contribution in [0.15, 0.2) is 81.6 Å². The number of nitrogen functional groups attached to an aromatic ring is 1. The number of nitrogens with two attached hydrogens (primary N) is 1. The molecule has 3 aromatic carbocycles. The molecule has 0 amide bonds. The summed E-state index contributed by atoms with van der Waals surface area (Å²) in [6.45, 7) is 0. The minimum atomic E-state index is 0.271. The first-order valence-corrected chi connectivity index (χ1v) is 9.44. The third-order valence-corrected chi connectivity index (χ3v) is 4.80. The lowest BCUT2D eigenvalue weighted by Gasteiger charge is -2.05. The number of aromatic nitrogens is 4. The number of nitrogens with zero attached hydrogens (tertiary/aromatic N) is 4. The van der Waals surface area contributed by atoms with Gasteiger partial charge in [0.05, 0.1) is 16.1 Å². The average molecular weight is 416 g/mol. The van der Waals surface area contributed by atoms with E-state index in [0.717, 1.165) is 11.1 Å². The van der Waals surface area contributed by atoms with E-state index in [-0.39, 0.29) is 11.8 Å². The van der Waals surface area contributed by atoms with Crippen molar-refractivity contribution in [1.29, 1.82) is 0 Å². The van der Waals surface area contributed by atoms with E-state index in [1.807, 2.05) is 60.7 Å². The van der Waals surface area contributed by atoms with Gasteiger partial charge in [-0.2, -0.15) is 0 Å². The maximum absolute atomic E-state index is 6.49. The summed E-state index contributed by atoms with van der Waals surface area (Å²) in [6.07, 6.45) is 0. The van der Waals surface area contributed by atoms with E-state index in [4.69, 9.17) is 26.2 Å². The van der Waals surface area contributed by atoms with E-state index in [1.165, 1.54) is 0 Å². The summed E-state index contributed by atoms with van der Waals surface area (Å²) >= 11 is 6.49. The maximum Gasteiger partial charge on any atom is 0.250 e. The molecule has 0 radical (unpaired) electrons. The van der Waals surface area contributed by atoms with Crippen LogP contribution in [-0.2, 0) is 0 Å². The van der Waals surface area contributed by atoms with Crippen molar-refractivity contribution in [1.82, 2.24) is 20.4 Å². The third-order valence-electron chi connectivity index (χ3n) is 4.49. The van der Waals surface area contributed by atoms with Crippen molar-refractivity contribution in [2.75, 3.05) is 5.73 Å². The predicted octanol–water partition coefficient (Wildman–Crippen LogP) is 5.36. The molecule has 5 aromatic rings. The molecule has 2 heterocycles. The van der Waals surface area contributed by atoms with Crippen LogP contribution in [0.25, 0.3) is 45.8 Å². The fourth-order valence-corrected chi connectivity index (χ4v) is 3.24. The Kier molecular flexibility index (Phi) is 4.49. The zero-order valence-electron chi connectivity index (χ0n) is 15.5. The van der Waals surface area contributed by atoms with Crippen LogP contribution >= 0.6 is 11.6 Å². The zero-order chi connectivity index (χ0) is 20.5. The molecule has 0 fully saturated rings. The van der Waals surface area contributed by atoms with Crippen molar-refractivity contribution in [3.63, 3.8) is 0 Å². The molecule has 2 aromatic heterocycles. The summed E-state index contributed by atoms with van der Waals surface area (Å²) in [5.74, 6) is 1.34. The second-order valence-corrected chi connectivity index (χ2v) is 6.88. The highest BCUT2D eigenvalue weighted by atomic mass is 35.5. The highest BCUT2D eigenvalue weighted by Crippen LogP contribution is 2.37. The lowest BCUT2D eigenvalue weighted by atomic mass is 10.1. The van der Waals surface area contributed by atoms with Gasteiger partial charge in [0.15, 0.2) is 0 Å². The number of halogens is 1. The normalized spacial score (nSPS) is 11.0. The molecule has 2 N–H and O–H groups in total. The van der Waals surface area contributed by atoms with Crippen LogP contribution in [-0.4, -0.2) is 20.4 Å². The number of anilines is 1. The molecule has 0 aliphatic heterocycles. The van der Waals surface area contributed by atoms with E-state index in [9.17, 15) is 0 Å². The van der Waals surface area contributed by atoms with Gasteiger partial charge in [-0.05, 0) is 36.4 Å². The lowest BCUT2D eigenvalue weighted by molar-refractivity contribution is 0.583. The molecular formula is C22H14ClN5O2. The van der Waals surface area contributed by atoms with Crippen molar-refractivity contribution in [3.8, 4) is 45.8 Å². The third kappa shape index (κ3) is 3.31. The van der Waals surface area contributed by atoms with Crippen molar-refractivity contribution < 1.29 is 8.83 Å². The fraction of sp³-hybridized carbons (Fsp3) is 0. The van der Waals surface area contributed by atoms with Crippen LogP contribution in [0.1, 0.15) is 0 Å². The van der Waals surface area contributed by atoms with Gasteiger partial charge in [-0.3, -0.25) is 0 Å². The zero-order valence-corrected chi connectivity index (χ0v) is 16.2. The molecule has 146 valence electrons. The van der Waals surface area contributed by atoms with Gasteiger partial charge in [-0.15, -0.1) is 20.4 Å². The van der Waals surface area contributed by atoms with Gasteiger partial charge in [-0.1, -0.05) is 48.0 Å². The largest absolute Gasteiger partial charge is 0.416 e. The van der Waals surface area contributed by atoms with Gasteiger partial charge in [0.1, 0.15) is 0 Å². The van der Waals surface area contributed by atoms with Crippen LogP contribution < -0.4 is 5.73 Å². The van der Waals surface area contributed by atoms with Gasteiger partial charge in [0.2, 0.25) is 23.6 Å². The van der Waals surface area contributed by atoms with E-state index >= 15 is 0 Å². The molecule has 0 spiro atoms. The van der Waals surface area contributed by atoms with Crippen LogP contribution in [0, 0.1) is 0 Å². The fourth-order valence-electron chi connectivity index (χ4n) is 3.00. The Labute approximate surface area is 176 Å². The standard InChI is InChI=1S/C22H14ClN5O2/c23-17-11-16(22-28-26-20(30-22)14-9-5-2-6-10-14)18(24)12-15(17)21-27-25-19(29-21)13-7-3-1-4-8-13/h1-12H,24H2. The molecule has 0 saturated heterocycles. The van der Waals surface area contributed by atoms with Crippen LogP contribution in [0.3, 0.4) is 0 Å². The Morgan fingerprint density at radius 2 is 1.07 bits per heavy atom. The monoisotopic (exact) mass is 415 g/mol. The SMILES string of the molecule is Nc1cc(-c2nnc(-c3ccccc3)o2)c(Cl)cc1-c1nnc(-c2ccccc2)o1. The van der Waals surface area contributed by atoms with E-state index in [0.29, 0.717) is 33.6 Å². The summed E-state index contributed by atoms with van der Waals surface area (Å²) in [6, 6.07) is 22.3. The topological polar surface area (TPSA) is 104 Å². The number of rotatable bonds is 4. The first-order chi connectivity index (χ1) is 14.7. The van der Waals surface area contributed by atoms with Crippen LogP contribution in [0.2, 0.25) is 5.02 Å². The molecule has 0 saturated carbocycles. The Morgan fingerprint density at radius 3 is 1.60 bits per heavy atom. The molecule has 0 aliphatic rings. The second kappa shape index (κ2) is 7.46. The Bertz CT molecular complexity index is 1210. The van der Waals surface area contributed by atoms with E-state index in [1.54, 1.807) is 12.1 Å². The molecular weight excluding hydrogens is 402 g/mol. The Hall–Kier alpha value is -3.97. The summed E-state index contributed by atoms with van der Waals surface area (Å²) in [5.41, 5.74) is 9.33. The first-order valence-electron chi connectivity index (χ1n) is 9.06. The van der Waals surface area contributed by atoms with Gasteiger partial charge in [0.25, 0.3) is 0 Å². The molecule has 0 atom stereocenters. The Morgan fingerprint density at radius 1 is 0.600 bits per heavy atom. The molecule has 7 nitrogen and oxygen atoms in total. The van der Waals surface area contributed by atoms with Crippen molar-refractivity contribution >= 4 is 17.3 Å². The summed E-state index contributed by atoms with van der Waals surface area (Å²) in [4.78, 5) is 0. The van der Waals surface area contributed by atoms with Crippen molar-refractivity contribution in [2.45, 2.75) is 0 Å². The Balaban J connectivity index is 1.49. The lowest BCUT2D eigenvalue weighted by Crippen LogP contribution is -1.93. The molecule has 0 unspecified atom stereocenters. The highest BCUT2D eigenvalue weighted by Gasteiger charge is 2.19. The molecule has 8 heteroatoms. The molecule has 5 rings (SSSR count). The van der Waals surface area contributed by atoms with Crippen molar-refractivity contribution in [3.05, 3.63) is 77.8 Å². The maximum atomic E-state index is 6.49. The average Bonchev–Trinajstić information content (AvgIpc) is 3.47. The van der Waals surface area contributed by atoms with Crippen molar-refractivity contribution in [2.24, 2.45) is 0 Å². The van der Waals surface area contributed by atoms with Gasteiger partial charge >= 0.3 is 0 Å². The van der Waals surface area contributed by atoms with Crippen LogP contribution in [0.5, 0.6) is 0 Å². The number of hydrogen-bond acceptors (Lipinski definition) is 7. The van der Waals surface area contributed by atoms with E-state index in [2.05, 4.69) is 20.4 Å². The summed E-state index contributed by atoms with van der Waals surface area (Å²) < 4.78 is 11.6. The molecule has 0 bridgehead atoms. The quantitative estimate of drug-likeness (QED) is 0.394. The minimum absolute atomic E-state index is 0.271. The van der Waals surface area contributed by atoms with Crippen LogP contribution in [0.4, 0.5) is 5.69 Å². The first kappa shape index (κ1) is 18.1. The minimum Gasteiger partial charge on any atom is -0.416 e.